The Morgan fingerprint density at radius 1 is 1.08 bits per heavy atom. The highest BCUT2D eigenvalue weighted by Gasteiger charge is 2.15. The Balaban J connectivity index is 1.99. The van der Waals surface area contributed by atoms with E-state index < -0.39 is 5.97 Å². The van der Waals surface area contributed by atoms with Crippen LogP contribution in [-0.2, 0) is 13.6 Å². The Morgan fingerprint density at radius 2 is 1.83 bits per heavy atom. The highest BCUT2D eigenvalue weighted by Crippen LogP contribution is 2.32. The number of para-hydroxylation sites is 1. The molecule has 0 aliphatic heterocycles. The largest absolute Gasteiger partial charge is 0.476 e. The Morgan fingerprint density at radius 3 is 2.54 bits per heavy atom. The normalized spacial score (nSPS) is 11.4. The number of rotatable bonds is 3. The Hall–Kier alpha value is -3.08. The summed E-state index contributed by atoms with van der Waals surface area (Å²) in [6.45, 7) is 3.04. The maximum Gasteiger partial charge on any atom is 0.356 e. The standard InChI is InChI=1S/C19H17N3O2/c1-3-22-16-7-5-4-6-13(16)14-10-12(8-9-17(14)22)18-11-15(19(23)24)20-21(18)2/h4-11H,3H2,1-2H3,(H,23,24). The van der Waals surface area contributed by atoms with Crippen LogP contribution in [0.4, 0.5) is 0 Å². The summed E-state index contributed by atoms with van der Waals surface area (Å²) in [5, 5.41) is 15.6. The van der Waals surface area contributed by atoms with Gasteiger partial charge < -0.3 is 9.67 Å². The number of benzene rings is 2. The van der Waals surface area contributed by atoms with Crippen molar-refractivity contribution >= 4 is 27.8 Å². The van der Waals surface area contributed by atoms with E-state index in [9.17, 15) is 4.79 Å². The number of fused-ring (bicyclic) bond motifs is 3. The lowest BCUT2D eigenvalue weighted by atomic mass is 10.1. The summed E-state index contributed by atoms with van der Waals surface area (Å²) < 4.78 is 3.91. The number of aromatic carboxylic acids is 1. The minimum absolute atomic E-state index is 0.0589. The van der Waals surface area contributed by atoms with Crippen molar-refractivity contribution in [3.05, 3.63) is 54.2 Å². The predicted molar refractivity (Wildman–Crippen MR) is 94.3 cm³/mol. The first-order valence-corrected chi connectivity index (χ1v) is 7.89. The number of carbonyl (C=O) groups is 1. The van der Waals surface area contributed by atoms with Crippen molar-refractivity contribution in [2.45, 2.75) is 13.5 Å². The van der Waals surface area contributed by atoms with E-state index in [4.69, 9.17) is 5.11 Å². The molecule has 2 aromatic heterocycles. The molecule has 24 heavy (non-hydrogen) atoms. The first kappa shape index (κ1) is 14.5. The molecule has 0 unspecified atom stereocenters. The van der Waals surface area contributed by atoms with Gasteiger partial charge in [0.15, 0.2) is 5.69 Å². The quantitative estimate of drug-likeness (QED) is 0.623. The van der Waals surface area contributed by atoms with Gasteiger partial charge in [0.05, 0.1) is 5.69 Å². The number of nitrogens with zero attached hydrogens (tertiary/aromatic N) is 3. The Kier molecular flexibility index (Phi) is 3.16. The number of hydrogen-bond donors (Lipinski definition) is 1. The lowest BCUT2D eigenvalue weighted by molar-refractivity contribution is 0.0689. The molecule has 120 valence electrons. The molecule has 0 aliphatic rings. The molecule has 5 heteroatoms. The Bertz CT molecular complexity index is 1090. The maximum atomic E-state index is 11.1. The molecule has 0 spiro atoms. The van der Waals surface area contributed by atoms with Crippen LogP contribution in [-0.4, -0.2) is 25.4 Å². The fourth-order valence-electron chi connectivity index (χ4n) is 3.40. The van der Waals surface area contributed by atoms with E-state index >= 15 is 0 Å². The van der Waals surface area contributed by atoms with Gasteiger partial charge in [-0.05, 0) is 31.2 Å². The molecule has 4 aromatic rings. The van der Waals surface area contributed by atoms with Crippen LogP contribution >= 0.6 is 0 Å². The van der Waals surface area contributed by atoms with Crippen LogP contribution in [0.15, 0.2) is 48.5 Å². The van der Waals surface area contributed by atoms with Crippen molar-refractivity contribution in [2.75, 3.05) is 0 Å². The van der Waals surface area contributed by atoms with Crippen molar-refractivity contribution < 1.29 is 9.90 Å². The number of carboxylic acid groups (broad SMARTS) is 1. The number of aromatic nitrogens is 3. The lowest BCUT2D eigenvalue weighted by Crippen LogP contribution is -1.99. The molecule has 0 saturated carbocycles. The zero-order valence-corrected chi connectivity index (χ0v) is 13.5. The second kappa shape index (κ2) is 5.23. The average molecular weight is 319 g/mol. The van der Waals surface area contributed by atoms with Crippen molar-refractivity contribution in [3.63, 3.8) is 0 Å². The van der Waals surface area contributed by atoms with Gasteiger partial charge in [-0.25, -0.2) is 4.79 Å². The van der Waals surface area contributed by atoms with Crippen LogP contribution in [0.1, 0.15) is 17.4 Å². The molecule has 2 aromatic carbocycles. The van der Waals surface area contributed by atoms with Gasteiger partial charge in [-0.3, -0.25) is 4.68 Å². The molecule has 2 heterocycles. The van der Waals surface area contributed by atoms with Crippen LogP contribution in [0.25, 0.3) is 33.1 Å². The molecule has 0 atom stereocenters. The van der Waals surface area contributed by atoms with E-state index in [2.05, 4.69) is 46.9 Å². The van der Waals surface area contributed by atoms with Gasteiger partial charge in [0, 0.05) is 41.0 Å². The molecule has 0 saturated heterocycles. The fourth-order valence-corrected chi connectivity index (χ4v) is 3.40. The van der Waals surface area contributed by atoms with Crippen molar-refractivity contribution in [1.29, 1.82) is 0 Å². The average Bonchev–Trinajstić information content (AvgIpc) is 3.12. The molecule has 5 nitrogen and oxygen atoms in total. The molecule has 4 rings (SSSR count). The summed E-state index contributed by atoms with van der Waals surface area (Å²) in [7, 11) is 1.77. The number of carboxylic acids is 1. The summed E-state index contributed by atoms with van der Waals surface area (Å²) in [4.78, 5) is 11.1. The monoisotopic (exact) mass is 319 g/mol. The zero-order chi connectivity index (χ0) is 16.8. The van der Waals surface area contributed by atoms with Gasteiger partial charge in [-0.1, -0.05) is 24.3 Å². The van der Waals surface area contributed by atoms with Crippen molar-refractivity contribution in [3.8, 4) is 11.3 Å². The van der Waals surface area contributed by atoms with E-state index in [1.165, 1.54) is 21.8 Å². The van der Waals surface area contributed by atoms with E-state index in [0.29, 0.717) is 0 Å². The number of aryl methyl sites for hydroxylation is 2. The summed E-state index contributed by atoms with van der Waals surface area (Å²) in [6.07, 6.45) is 0. The SMILES string of the molecule is CCn1c2ccccc2c2cc(-c3cc(C(=O)O)nn3C)ccc21. The summed E-state index contributed by atoms with van der Waals surface area (Å²) in [5.74, 6) is -1.01. The third-order valence-corrected chi connectivity index (χ3v) is 4.48. The van der Waals surface area contributed by atoms with Gasteiger partial charge in [0.2, 0.25) is 0 Å². The van der Waals surface area contributed by atoms with Gasteiger partial charge in [-0.15, -0.1) is 0 Å². The van der Waals surface area contributed by atoms with Crippen LogP contribution < -0.4 is 0 Å². The van der Waals surface area contributed by atoms with Crippen LogP contribution in [0.5, 0.6) is 0 Å². The van der Waals surface area contributed by atoms with Gasteiger partial charge in [0.1, 0.15) is 0 Å². The first-order valence-electron chi connectivity index (χ1n) is 7.89. The predicted octanol–water partition coefficient (Wildman–Crippen LogP) is 3.91. The highest BCUT2D eigenvalue weighted by molar-refractivity contribution is 6.09. The second-order valence-electron chi connectivity index (χ2n) is 5.84. The van der Waals surface area contributed by atoms with E-state index in [1.54, 1.807) is 17.8 Å². The Labute approximate surface area is 138 Å². The minimum atomic E-state index is -1.01. The molecule has 1 N–H and O–H groups in total. The molecule has 0 radical (unpaired) electrons. The second-order valence-corrected chi connectivity index (χ2v) is 5.84. The third-order valence-electron chi connectivity index (χ3n) is 4.48. The van der Waals surface area contributed by atoms with E-state index in [0.717, 1.165) is 17.8 Å². The summed E-state index contributed by atoms with van der Waals surface area (Å²) >= 11 is 0. The third kappa shape index (κ3) is 2.01. The van der Waals surface area contributed by atoms with Crippen LogP contribution in [0.2, 0.25) is 0 Å². The first-order chi connectivity index (χ1) is 11.6. The molecule has 0 amide bonds. The summed E-state index contributed by atoms with van der Waals surface area (Å²) in [6, 6.07) is 16.2. The smallest absolute Gasteiger partial charge is 0.356 e. The molecule has 0 aliphatic carbocycles. The molecule has 0 bridgehead atoms. The summed E-state index contributed by atoms with van der Waals surface area (Å²) in [5.41, 5.74) is 4.21. The van der Waals surface area contributed by atoms with Gasteiger partial charge >= 0.3 is 5.97 Å². The zero-order valence-electron chi connectivity index (χ0n) is 13.5. The minimum Gasteiger partial charge on any atom is -0.476 e. The van der Waals surface area contributed by atoms with Gasteiger partial charge in [-0.2, -0.15) is 5.10 Å². The molecular weight excluding hydrogens is 302 g/mol. The topological polar surface area (TPSA) is 60.1 Å². The van der Waals surface area contributed by atoms with Crippen molar-refractivity contribution in [2.24, 2.45) is 7.05 Å². The number of hydrogen-bond acceptors (Lipinski definition) is 2. The van der Waals surface area contributed by atoms with E-state index in [-0.39, 0.29) is 5.69 Å². The molecular formula is C19H17N3O2. The van der Waals surface area contributed by atoms with Crippen molar-refractivity contribution in [1.82, 2.24) is 14.3 Å². The van der Waals surface area contributed by atoms with Gasteiger partial charge in [0.25, 0.3) is 0 Å². The van der Waals surface area contributed by atoms with Crippen LogP contribution in [0.3, 0.4) is 0 Å². The molecule has 0 fully saturated rings. The highest BCUT2D eigenvalue weighted by atomic mass is 16.4. The lowest BCUT2D eigenvalue weighted by Gasteiger charge is -2.05. The fraction of sp³-hybridized carbons (Fsp3) is 0.158. The maximum absolute atomic E-state index is 11.1. The van der Waals surface area contributed by atoms with E-state index in [1.807, 2.05) is 12.1 Å². The van der Waals surface area contributed by atoms with Crippen LogP contribution in [0, 0.1) is 0 Å².